The average Bonchev–Trinajstić information content (AvgIpc) is 3.11. The van der Waals surface area contributed by atoms with Gasteiger partial charge in [-0.3, -0.25) is 9.58 Å². The first-order chi connectivity index (χ1) is 10.4. The molecule has 3 rings (SSSR count). The maximum Gasteiger partial charge on any atom is 0.406 e. The molecule has 0 radical (unpaired) electrons. The lowest BCUT2D eigenvalue weighted by atomic mass is 10.1. The van der Waals surface area contributed by atoms with Crippen LogP contribution >= 0.6 is 0 Å². The highest BCUT2D eigenvalue weighted by Crippen LogP contribution is 2.32. The minimum absolute atomic E-state index is 0.199. The van der Waals surface area contributed by atoms with Gasteiger partial charge in [0, 0.05) is 37.2 Å². The first-order valence-corrected chi connectivity index (χ1v) is 7.22. The number of halogens is 3. The number of hydrogen-bond donors (Lipinski definition) is 0. The van der Waals surface area contributed by atoms with E-state index < -0.39 is 12.7 Å². The van der Waals surface area contributed by atoms with Gasteiger partial charge in [0.2, 0.25) is 0 Å². The largest absolute Gasteiger partial charge is 0.406 e. The molecular formula is C14H18F3N5. The van der Waals surface area contributed by atoms with Gasteiger partial charge < -0.3 is 4.57 Å². The Balaban J connectivity index is 1.74. The van der Waals surface area contributed by atoms with E-state index in [1.165, 1.54) is 17.0 Å². The van der Waals surface area contributed by atoms with Crippen molar-refractivity contribution in [3.05, 3.63) is 36.2 Å². The predicted octanol–water partition coefficient (Wildman–Crippen LogP) is 2.52. The molecule has 5 nitrogen and oxygen atoms in total. The van der Waals surface area contributed by atoms with Crippen molar-refractivity contribution in [3.8, 4) is 0 Å². The Bertz CT molecular complexity index is 630. The van der Waals surface area contributed by atoms with E-state index in [9.17, 15) is 13.2 Å². The van der Waals surface area contributed by atoms with Gasteiger partial charge in [-0.1, -0.05) is 0 Å². The Labute approximate surface area is 126 Å². The number of likely N-dealkylation sites (tertiary alicyclic amines) is 1. The third kappa shape index (κ3) is 3.32. The number of hydrogen-bond acceptors (Lipinski definition) is 3. The lowest BCUT2D eigenvalue weighted by molar-refractivity contribution is -0.141. The molecular weight excluding hydrogens is 295 g/mol. The summed E-state index contributed by atoms with van der Waals surface area (Å²) in [6.07, 6.45) is 4.39. The number of nitrogens with zero attached hydrogens (tertiary/aromatic N) is 5. The van der Waals surface area contributed by atoms with Gasteiger partial charge in [0.05, 0.1) is 12.7 Å². The smallest absolute Gasteiger partial charge is 0.325 e. The van der Waals surface area contributed by atoms with Gasteiger partial charge in [-0.05, 0) is 19.4 Å². The van der Waals surface area contributed by atoms with Crippen molar-refractivity contribution in [1.82, 2.24) is 24.2 Å². The molecule has 2 aromatic heterocycles. The number of rotatable bonds is 4. The molecule has 8 heteroatoms. The molecule has 3 heterocycles. The minimum Gasteiger partial charge on any atom is -0.325 e. The van der Waals surface area contributed by atoms with Crippen LogP contribution < -0.4 is 0 Å². The van der Waals surface area contributed by atoms with E-state index in [0.29, 0.717) is 12.4 Å². The summed E-state index contributed by atoms with van der Waals surface area (Å²) in [7, 11) is 1.86. The highest BCUT2D eigenvalue weighted by Gasteiger charge is 2.31. The third-order valence-corrected chi connectivity index (χ3v) is 3.97. The second kappa shape index (κ2) is 5.75. The van der Waals surface area contributed by atoms with E-state index in [-0.39, 0.29) is 6.04 Å². The lowest BCUT2D eigenvalue weighted by Gasteiger charge is -2.23. The SMILES string of the molecule is Cn1cc([C@H]2CCCN2Cc2nccn2CC(F)(F)F)cn1. The van der Waals surface area contributed by atoms with Crippen LogP contribution in [0.2, 0.25) is 0 Å². The van der Waals surface area contributed by atoms with Crippen molar-refractivity contribution >= 4 is 0 Å². The van der Waals surface area contributed by atoms with E-state index >= 15 is 0 Å². The first kappa shape index (κ1) is 15.1. The second-order valence-corrected chi connectivity index (χ2v) is 5.66. The quantitative estimate of drug-likeness (QED) is 0.870. The van der Waals surface area contributed by atoms with Crippen LogP contribution in [0.25, 0.3) is 0 Å². The van der Waals surface area contributed by atoms with Crippen LogP contribution in [0.3, 0.4) is 0 Å². The van der Waals surface area contributed by atoms with Crippen molar-refractivity contribution in [3.63, 3.8) is 0 Å². The fourth-order valence-electron chi connectivity index (χ4n) is 3.02. The molecule has 1 aliphatic heterocycles. The molecule has 120 valence electrons. The van der Waals surface area contributed by atoms with E-state index in [4.69, 9.17) is 0 Å². The second-order valence-electron chi connectivity index (χ2n) is 5.66. The summed E-state index contributed by atoms with van der Waals surface area (Å²) < 4.78 is 40.7. The Morgan fingerprint density at radius 1 is 1.36 bits per heavy atom. The van der Waals surface area contributed by atoms with E-state index in [2.05, 4.69) is 15.0 Å². The molecule has 0 aromatic carbocycles. The molecule has 1 saturated heterocycles. The monoisotopic (exact) mass is 313 g/mol. The third-order valence-electron chi connectivity index (χ3n) is 3.97. The van der Waals surface area contributed by atoms with Crippen molar-refractivity contribution in [1.29, 1.82) is 0 Å². The molecule has 1 aliphatic rings. The van der Waals surface area contributed by atoms with Gasteiger partial charge in [0.1, 0.15) is 12.4 Å². The van der Waals surface area contributed by atoms with Gasteiger partial charge in [0.15, 0.2) is 0 Å². The topological polar surface area (TPSA) is 38.9 Å². The molecule has 0 unspecified atom stereocenters. The summed E-state index contributed by atoms with van der Waals surface area (Å²) in [5.74, 6) is 0.452. The van der Waals surface area contributed by atoms with Crippen LogP contribution in [0.1, 0.15) is 30.3 Å². The van der Waals surface area contributed by atoms with Gasteiger partial charge in [0.25, 0.3) is 0 Å². The van der Waals surface area contributed by atoms with Gasteiger partial charge in [-0.2, -0.15) is 18.3 Å². The van der Waals surface area contributed by atoms with Gasteiger partial charge in [-0.15, -0.1) is 0 Å². The lowest BCUT2D eigenvalue weighted by Crippen LogP contribution is -2.26. The minimum atomic E-state index is -4.23. The highest BCUT2D eigenvalue weighted by atomic mass is 19.4. The van der Waals surface area contributed by atoms with Crippen LogP contribution in [0.4, 0.5) is 13.2 Å². The number of aromatic nitrogens is 4. The van der Waals surface area contributed by atoms with Gasteiger partial charge >= 0.3 is 6.18 Å². The first-order valence-electron chi connectivity index (χ1n) is 7.22. The predicted molar refractivity (Wildman–Crippen MR) is 73.9 cm³/mol. The molecule has 0 N–H and O–H groups in total. The molecule has 0 amide bonds. The molecule has 1 atom stereocenters. The Morgan fingerprint density at radius 2 is 2.18 bits per heavy atom. The molecule has 22 heavy (non-hydrogen) atoms. The number of imidazole rings is 1. The summed E-state index contributed by atoms with van der Waals surface area (Å²) in [6, 6.07) is 0.199. The van der Waals surface area contributed by atoms with E-state index in [1.54, 1.807) is 4.68 Å². The van der Waals surface area contributed by atoms with Crippen molar-refractivity contribution in [2.24, 2.45) is 7.05 Å². The molecule has 2 aromatic rings. The Morgan fingerprint density at radius 3 is 2.86 bits per heavy atom. The van der Waals surface area contributed by atoms with Crippen molar-refractivity contribution in [2.75, 3.05) is 6.54 Å². The molecule has 1 fully saturated rings. The normalized spacial score (nSPS) is 19.9. The maximum absolute atomic E-state index is 12.6. The van der Waals surface area contributed by atoms with Gasteiger partial charge in [-0.25, -0.2) is 4.98 Å². The van der Waals surface area contributed by atoms with E-state index in [0.717, 1.165) is 24.9 Å². The Kier molecular flexibility index (Phi) is 3.94. The zero-order chi connectivity index (χ0) is 15.7. The van der Waals surface area contributed by atoms with Crippen molar-refractivity contribution in [2.45, 2.75) is 38.1 Å². The summed E-state index contributed by atoms with van der Waals surface area (Å²) >= 11 is 0. The summed E-state index contributed by atoms with van der Waals surface area (Å²) in [4.78, 5) is 6.27. The number of alkyl halides is 3. The van der Waals surface area contributed by atoms with Crippen LogP contribution in [0, 0.1) is 0 Å². The van der Waals surface area contributed by atoms with Crippen LogP contribution in [0.15, 0.2) is 24.8 Å². The highest BCUT2D eigenvalue weighted by molar-refractivity contribution is 5.12. The van der Waals surface area contributed by atoms with Crippen molar-refractivity contribution < 1.29 is 13.2 Å². The van der Waals surface area contributed by atoms with E-state index in [1.807, 2.05) is 19.4 Å². The fourth-order valence-corrected chi connectivity index (χ4v) is 3.02. The standard InChI is InChI=1S/C14H18F3N5/c1-20-8-11(7-19-20)12-3-2-5-21(12)9-13-18-4-6-22(13)10-14(15,16)17/h4,6-8,12H,2-3,5,9-10H2,1H3/t12-/m1/s1. The summed E-state index contributed by atoms with van der Waals surface area (Å²) in [5.41, 5.74) is 1.11. The Hall–Kier alpha value is -1.83. The van der Waals surface area contributed by atoms with Crippen LogP contribution in [0.5, 0.6) is 0 Å². The molecule has 0 saturated carbocycles. The molecule has 0 aliphatic carbocycles. The fraction of sp³-hybridized carbons (Fsp3) is 0.571. The summed E-state index contributed by atoms with van der Waals surface area (Å²) in [6.45, 7) is 0.287. The summed E-state index contributed by atoms with van der Waals surface area (Å²) in [5, 5.41) is 4.18. The van der Waals surface area contributed by atoms with Crippen LogP contribution in [-0.2, 0) is 20.1 Å². The maximum atomic E-state index is 12.6. The molecule has 0 bridgehead atoms. The van der Waals surface area contributed by atoms with Crippen LogP contribution in [-0.4, -0.2) is 37.0 Å². The number of aryl methyl sites for hydroxylation is 1. The zero-order valence-corrected chi connectivity index (χ0v) is 12.3. The zero-order valence-electron chi connectivity index (χ0n) is 12.3. The molecule has 0 spiro atoms. The average molecular weight is 313 g/mol.